The van der Waals surface area contributed by atoms with Crippen molar-refractivity contribution in [1.82, 2.24) is 15.0 Å². The molecule has 0 aliphatic carbocycles. The first kappa shape index (κ1) is 11.1. The molecule has 7 nitrogen and oxygen atoms in total. The SMILES string of the molecule is CC(=O)OCc1cnc2[nH]c(=O)[nH]c(=O)c2c1. The molecule has 7 heteroatoms. The van der Waals surface area contributed by atoms with Gasteiger partial charge in [-0.3, -0.25) is 19.6 Å². The van der Waals surface area contributed by atoms with Crippen LogP contribution >= 0.6 is 0 Å². The fourth-order valence-electron chi connectivity index (χ4n) is 1.35. The second-order valence-electron chi connectivity index (χ2n) is 3.43. The summed E-state index contributed by atoms with van der Waals surface area (Å²) < 4.78 is 4.78. The summed E-state index contributed by atoms with van der Waals surface area (Å²) >= 11 is 0. The van der Waals surface area contributed by atoms with Crippen LogP contribution in [-0.2, 0) is 16.1 Å². The summed E-state index contributed by atoms with van der Waals surface area (Å²) in [6, 6.07) is 1.51. The lowest BCUT2D eigenvalue weighted by Gasteiger charge is -2.02. The first-order chi connectivity index (χ1) is 8.06. The zero-order valence-corrected chi connectivity index (χ0v) is 8.94. The van der Waals surface area contributed by atoms with Crippen molar-refractivity contribution in [1.29, 1.82) is 0 Å². The number of aromatic nitrogens is 3. The van der Waals surface area contributed by atoms with E-state index in [1.54, 1.807) is 0 Å². The summed E-state index contributed by atoms with van der Waals surface area (Å²) in [4.78, 5) is 41.5. The third-order valence-electron chi connectivity index (χ3n) is 2.09. The Morgan fingerprint density at radius 3 is 2.88 bits per heavy atom. The molecule has 0 spiro atoms. The monoisotopic (exact) mass is 235 g/mol. The van der Waals surface area contributed by atoms with Gasteiger partial charge in [0.1, 0.15) is 12.3 Å². The summed E-state index contributed by atoms with van der Waals surface area (Å²) in [6.07, 6.45) is 1.43. The molecule has 0 aromatic carbocycles. The molecule has 0 unspecified atom stereocenters. The molecule has 0 fully saturated rings. The van der Waals surface area contributed by atoms with E-state index >= 15 is 0 Å². The average Bonchev–Trinajstić information content (AvgIpc) is 2.26. The van der Waals surface area contributed by atoms with Crippen molar-refractivity contribution in [2.75, 3.05) is 0 Å². The Kier molecular flexibility index (Phi) is 2.73. The molecule has 0 atom stereocenters. The number of aromatic amines is 2. The molecule has 17 heavy (non-hydrogen) atoms. The highest BCUT2D eigenvalue weighted by molar-refractivity contribution is 5.73. The molecule has 0 aliphatic rings. The molecule has 2 rings (SSSR count). The van der Waals surface area contributed by atoms with Crippen LogP contribution in [0.1, 0.15) is 12.5 Å². The van der Waals surface area contributed by atoms with Gasteiger partial charge >= 0.3 is 11.7 Å². The Morgan fingerprint density at radius 1 is 1.41 bits per heavy atom. The number of nitrogens with one attached hydrogen (secondary N) is 2. The van der Waals surface area contributed by atoms with Crippen molar-refractivity contribution >= 4 is 17.0 Å². The van der Waals surface area contributed by atoms with E-state index in [0.717, 1.165) is 0 Å². The Morgan fingerprint density at radius 2 is 2.18 bits per heavy atom. The number of esters is 1. The van der Waals surface area contributed by atoms with Gasteiger partial charge in [0.15, 0.2) is 0 Å². The van der Waals surface area contributed by atoms with Gasteiger partial charge in [0.25, 0.3) is 5.56 Å². The molecular formula is C10H9N3O4. The normalized spacial score (nSPS) is 10.4. The molecular weight excluding hydrogens is 226 g/mol. The number of hydrogen-bond acceptors (Lipinski definition) is 5. The Bertz CT molecular complexity index is 686. The lowest BCUT2D eigenvalue weighted by Crippen LogP contribution is -2.22. The van der Waals surface area contributed by atoms with Crippen molar-refractivity contribution < 1.29 is 9.53 Å². The van der Waals surface area contributed by atoms with Crippen LogP contribution in [-0.4, -0.2) is 20.9 Å². The van der Waals surface area contributed by atoms with Gasteiger partial charge in [-0.15, -0.1) is 0 Å². The number of fused-ring (bicyclic) bond motifs is 1. The Balaban J connectivity index is 2.47. The van der Waals surface area contributed by atoms with Crippen molar-refractivity contribution in [3.8, 4) is 0 Å². The van der Waals surface area contributed by atoms with Crippen molar-refractivity contribution in [2.45, 2.75) is 13.5 Å². The molecule has 88 valence electrons. The van der Waals surface area contributed by atoms with E-state index in [0.29, 0.717) is 5.56 Å². The van der Waals surface area contributed by atoms with Gasteiger partial charge in [-0.1, -0.05) is 0 Å². The standard InChI is InChI=1S/C10H9N3O4/c1-5(14)17-4-6-2-7-8(11-3-6)12-10(16)13-9(7)15/h2-3H,4H2,1H3,(H2,11,12,13,15,16). The van der Waals surface area contributed by atoms with Crippen LogP contribution in [0, 0.1) is 0 Å². The Hall–Kier alpha value is -2.44. The number of ether oxygens (including phenoxy) is 1. The first-order valence-corrected chi connectivity index (χ1v) is 4.81. The average molecular weight is 235 g/mol. The van der Waals surface area contributed by atoms with Gasteiger partial charge in [0.05, 0.1) is 5.39 Å². The van der Waals surface area contributed by atoms with Crippen LogP contribution in [0.2, 0.25) is 0 Å². The van der Waals surface area contributed by atoms with E-state index in [9.17, 15) is 14.4 Å². The first-order valence-electron chi connectivity index (χ1n) is 4.81. The highest BCUT2D eigenvalue weighted by Crippen LogP contribution is 2.06. The van der Waals surface area contributed by atoms with Crippen LogP contribution in [0.5, 0.6) is 0 Å². The predicted molar refractivity (Wildman–Crippen MR) is 58.5 cm³/mol. The van der Waals surface area contributed by atoms with Crippen molar-refractivity contribution in [2.24, 2.45) is 0 Å². The molecule has 0 aliphatic heterocycles. The van der Waals surface area contributed by atoms with Crippen LogP contribution in [0.15, 0.2) is 21.9 Å². The van der Waals surface area contributed by atoms with E-state index in [-0.39, 0.29) is 17.6 Å². The van der Waals surface area contributed by atoms with Crippen LogP contribution in [0.4, 0.5) is 0 Å². The lowest BCUT2D eigenvalue weighted by molar-refractivity contribution is -0.142. The molecule has 0 saturated heterocycles. The molecule has 0 bridgehead atoms. The molecule has 0 radical (unpaired) electrons. The number of carbonyl (C=O) groups excluding carboxylic acids is 1. The maximum atomic E-state index is 11.5. The molecule has 2 heterocycles. The van der Waals surface area contributed by atoms with Crippen molar-refractivity contribution in [3.05, 3.63) is 38.7 Å². The predicted octanol–water partition coefficient (Wildman–Crippen LogP) is -0.326. The van der Waals surface area contributed by atoms with E-state index in [2.05, 4.69) is 15.0 Å². The summed E-state index contributed by atoms with van der Waals surface area (Å²) in [5.41, 5.74) is -0.362. The van der Waals surface area contributed by atoms with E-state index in [1.807, 2.05) is 0 Å². The zero-order valence-electron chi connectivity index (χ0n) is 8.94. The second-order valence-corrected chi connectivity index (χ2v) is 3.43. The minimum atomic E-state index is -0.609. The van der Waals surface area contributed by atoms with Crippen molar-refractivity contribution in [3.63, 3.8) is 0 Å². The van der Waals surface area contributed by atoms with Gasteiger partial charge < -0.3 is 4.74 Å². The van der Waals surface area contributed by atoms with Crippen LogP contribution < -0.4 is 11.2 Å². The highest BCUT2D eigenvalue weighted by Gasteiger charge is 2.04. The van der Waals surface area contributed by atoms with Gasteiger partial charge in [0.2, 0.25) is 0 Å². The highest BCUT2D eigenvalue weighted by atomic mass is 16.5. The minimum Gasteiger partial charge on any atom is -0.461 e. The lowest BCUT2D eigenvalue weighted by atomic mass is 10.2. The molecule has 2 aromatic heterocycles. The number of pyridine rings is 1. The molecule has 2 aromatic rings. The van der Waals surface area contributed by atoms with E-state index in [4.69, 9.17) is 4.74 Å². The topological polar surface area (TPSA) is 105 Å². The zero-order chi connectivity index (χ0) is 12.4. The Labute approximate surface area is 94.5 Å². The summed E-state index contributed by atoms with van der Waals surface area (Å²) in [7, 11) is 0. The summed E-state index contributed by atoms with van der Waals surface area (Å²) in [5.74, 6) is -0.416. The van der Waals surface area contributed by atoms with Gasteiger partial charge in [0, 0.05) is 18.7 Å². The largest absolute Gasteiger partial charge is 0.461 e. The fourth-order valence-corrected chi connectivity index (χ4v) is 1.35. The third-order valence-corrected chi connectivity index (χ3v) is 2.09. The summed E-state index contributed by atoms with van der Waals surface area (Å²) in [5, 5.41) is 0.245. The maximum Gasteiger partial charge on any atom is 0.327 e. The molecule has 0 saturated carbocycles. The molecule has 0 amide bonds. The van der Waals surface area contributed by atoms with E-state index in [1.165, 1.54) is 19.2 Å². The maximum absolute atomic E-state index is 11.5. The number of carbonyl (C=O) groups is 1. The quantitative estimate of drug-likeness (QED) is 0.694. The van der Waals surface area contributed by atoms with Crippen LogP contribution in [0.25, 0.3) is 11.0 Å². The van der Waals surface area contributed by atoms with Gasteiger partial charge in [-0.05, 0) is 6.07 Å². The van der Waals surface area contributed by atoms with E-state index < -0.39 is 17.2 Å². The van der Waals surface area contributed by atoms with Crippen LogP contribution in [0.3, 0.4) is 0 Å². The number of nitrogens with zero attached hydrogens (tertiary/aromatic N) is 1. The number of rotatable bonds is 2. The third kappa shape index (κ3) is 2.39. The molecule has 2 N–H and O–H groups in total. The fraction of sp³-hybridized carbons (Fsp3) is 0.200. The summed E-state index contributed by atoms with van der Waals surface area (Å²) in [6.45, 7) is 1.33. The smallest absolute Gasteiger partial charge is 0.327 e. The second kappa shape index (κ2) is 4.20. The number of hydrogen-bond donors (Lipinski definition) is 2. The number of H-pyrrole nitrogens is 2. The van der Waals surface area contributed by atoms with Gasteiger partial charge in [-0.2, -0.15) is 0 Å². The minimum absolute atomic E-state index is 0.0385. The van der Waals surface area contributed by atoms with Gasteiger partial charge in [-0.25, -0.2) is 9.78 Å².